The number of hydrogen-bond acceptors (Lipinski definition) is 2. The fourth-order valence-electron chi connectivity index (χ4n) is 0.789. The molecule has 1 amide bonds. The second kappa shape index (κ2) is 3.54. The maximum atomic E-state index is 10.7. The van der Waals surface area contributed by atoms with Crippen LogP contribution in [0.1, 0.15) is 18.5 Å². The summed E-state index contributed by atoms with van der Waals surface area (Å²) in [7, 11) is 0. The quantitative estimate of drug-likeness (QED) is 0.754. The zero-order valence-corrected chi connectivity index (χ0v) is 7.38. The minimum absolute atomic E-state index is 0.359. The van der Waals surface area contributed by atoms with Gasteiger partial charge in [-0.15, -0.1) is 0 Å². The second-order valence-corrected chi connectivity index (χ2v) is 2.96. The number of carbonyl (C=O) groups is 1. The number of nitrogens with zero attached hydrogens (tertiary/aromatic N) is 1. The highest BCUT2D eigenvalue weighted by Crippen LogP contribution is 2.13. The molecule has 1 aromatic rings. The topological polar surface area (TPSA) is 56.0 Å². The van der Waals surface area contributed by atoms with E-state index < -0.39 is 0 Å². The van der Waals surface area contributed by atoms with Crippen molar-refractivity contribution in [2.75, 3.05) is 0 Å². The number of rotatable bonds is 2. The zero-order valence-electron chi connectivity index (χ0n) is 6.62. The molecule has 0 aliphatic heterocycles. The Morgan fingerprint density at radius 2 is 2.33 bits per heavy atom. The van der Waals surface area contributed by atoms with Crippen LogP contribution in [0.15, 0.2) is 18.3 Å². The highest BCUT2D eigenvalue weighted by atomic mass is 35.5. The van der Waals surface area contributed by atoms with Crippen molar-refractivity contribution in [3.8, 4) is 0 Å². The molecule has 1 aromatic heterocycles. The Balaban J connectivity index is 2.89. The summed E-state index contributed by atoms with van der Waals surface area (Å²) in [6, 6.07) is 3.38. The molecule has 0 radical (unpaired) electrons. The Bertz CT molecular complexity index is 284. The summed E-state index contributed by atoms with van der Waals surface area (Å²) in [5.74, 6) is -0.743. The number of pyridine rings is 1. The monoisotopic (exact) mass is 184 g/mol. The molecule has 4 heteroatoms. The van der Waals surface area contributed by atoms with E-state index in [4.69, 9.17) is 17.3 Å². The van der Waals surface area contributed by atoms with E-state index in [9.17, 15) is 4.79 Å². The molecular formula is C8H9ClN2O. The van der Waals surface area contributed by atoms with E-state index in [0.29, 0.717) is 10.7 Å². The molecule has 1 unspecified atom stereocenters. The fourth-order valence-corrected chi connectivity index (χ4v) is 0.901. The minimum Gasteiger partial charge on any atom is -0.369 e. The smallest absolute Gasteiger partial charge is 0.226 e. The summed E-state index contributed by atoms with van der Waals surface area (Å²) in [5.41, 5.74) is 5.74. The highest BCUT2D eigenvalue weighted by Gasteiger charge is 2.11. The summed E-state index contributed by atoms with van der Waals surface area (Å²) >= 11 is 5.62. The largest absolute Gasteiger partial charge is 0.369 e. The average Bonchev–Trinajstić information content (AvgIpc) is 2.04. The van der Waals surface area contributed by atoms with Gasteiger partial charge in [-0.3, -0.25) is 9.78 Å². The first kappa shape index (κ1) is 9.00. The maximum absolute atomic E-state index is 10.7. The van der Waals surface area contributed by atoms with E-state index in [0.717, 1.165) is 0 Å². The first-order chi connectivity index (χ1) is 5.61. The summed E-state index contributed by atoms with van der Waals surface area (Å²) in [4.78, 5) is 14.7. The molecule has 0 aromatic carbocycles. The van der Waals surface area contributed by atoms with Gasteiger partial charge in [0.05, 0.1) is 16.6 Å². The maximum Gasteiger partial charge on any atom is 0.226 e. The van der Waals surface area contributed by atoms with Crippen LogP contribution in [0.4, 0.5) is 0 Å². The van der Waals surface area contributed by atoms with Gasteiger partial charge in [0.1, 0.15) is 0 Å². The normalized spacial score (nSPS) is 12.5. The first-order valence-corrected chi connectivity index (χ1v) is 3.90. The molecule has 0 aliphatic carbocycles. The van der Waals surface area contributed by atoms with Gasteiger partial charge in [-0.2, -0.15) is 0 Å². The van der Waals surface area contributed by atoms with Crippen molar-refractivity contribution in [2.24, 2.45) is 5.73 Å². The van der Waals surface area contributed by atoms with E-state index in [2.05, 4.69) is 4.98 Å². The first-order valence-electron chi connectivity index (χ1n) is 3.52. The Morgan fingerprint density at radius 3 is 2.75 bits per heavy atom. The van der Waals surface area contributed by atoms with Crippen LogP contribution in [-0.2, 0) is 4.79 Å². The van der Waals surface area contributed by atoms with Crippen LogP contribution in [0.2, 0.25) is 5.02 Å². The lowest BCUT2D eigenvalue weighted by molar-refractivity contribution is -0.119. The third kappa shape index (κ3) is 1.95. The van der Waals surface area contributed by atoms with Crippen LogP contribution in [0.25, 0.3) is 0 Å². The van der Waals surface area contributed by atoms with Gasteiger partial charge in [-0.05, 0) is 19.1 Å². The predicted molar refractivity (Wildman–Crippen MR) is 46.9 cm³/mol. The molecule has 1 heterocycles. The molecule has 0 bridgehead atoms. The van der Waals surface area contributed by atoms with Gasteiger partial charge in [-0.25, -0.2) is 0 Å². The number of carbonyl (C=O) groups excluding carboxylic acids is 1. The van der Waals surface area contributed by atoms with Crippen LogP contribution >= 0.6 is 11.6 Å². The van der Waals surface area contributed by atoms with Crippen LogP contribution in [0.3, 0.4) is 0 Å². The summed E-state index contributed by atoms with van der Waals surface area (Å²) in [5, 5.41) is 0.551. The molecule has 0 saturated carbocycles. The van der Waals surface area contributed by atoms with Gasteiger partial charge >= 0.3 is 0 Å². The van der Waals surface area contributed by atoms with Crippen molar-refractivity contribution in [2.45, 2.75) is 12.8 Å². The fraction of sp³-hybridized carbons (Fsp3) is 0.250. The molecule has 0 spiro atoms. The molecule has 0 fully saturated rings. The lowest BCUT2D eigenvalue weighted by atomic mass is 10.1. The van der Waals surface area contributed by atoms with Crippen molar-refractivity contribution < 1.29 is 4.79 Å². The van der Waals surface area contributed by atoms with Crippen LogP contribution in [0.5, 0.6) is 0 Å². The molecular weight excluding hydrogens is 176 g/mol. The minimum atomic E-state index is -0.384. The third-order valence-corrected chi connectivity index (χ3v) is 1.84. The lowest BCUT2D eigenvalue weighted by Crippen LogP contribution is -2.19. The van der Waals surface area contributed by atoms with Crippen molar-refractivity contribution >= 4 is 17.5 Å². The Hall–Kier alpha value is -1.09. The van der Waals surface area contributed by atoms with Gasteiger partial charge in [0.2, 0.25) is 5.91 Å². The van der Waals surface area contributed by atoms with Crippen molar-refractivity contribution in [1.29, 1.82) is 0 Å². The number of amides is 1. The summed E-state index contributed by atoms with van der Waals surface area (Å²) in [6.45, 7) is 1.71. The zero-order chi connectivity index (χ0) is 9.14. The number of primary amides is 1. The molecule has 1 rings (SSSR count). The molecule has 0 saturated heterocycles. The van der Waals surface area contributed by atoms with E-state index in [-0.39, 0.29) is 11.8 Å². The number of nitrogens with two attached hydrogens (primary N) is 1. The molecule has 12 heavy (non-hydrogen) atoms. The Morgan fingerprint density at radius 1 is 1.67 bits per heavy atom. The van der Waals surface area contributed by atoms with Gasteiger partial charge in [0, 0.05) is 6.20 Å². The Labute approximate surface area is 75.6 Å². The number of aromatic nitrogens is 1. The van der Waals surface area contributed by atoms with E-state index in [1.807, 2.05) is 0 Å². The predicted octanol–water partition coefficient (Wildman–Crippen LogP) is 1.32. The van der Waals surface area contributed by atoms with Crippen LogP contribution < -0.4 is 5.73 Å². The van der Waals surface area contributed by atoms with Gasteiger partial charge in [-0.1, -0.05) is 11.6 Å². The molecule has 3 nitrogen and oxygen atoms in total. The number of halogens is 1. The van der Waals surface area contributed by atoms with Crippen LogP contribution in [-0.4, -0.2) is 10.9 Å². The van der Waals surface area contributed by atoms with E-state index in [1.165, 1.54) is 6.20 Å². The van der Waals surface area contributed by atoms with Crippen molar-refractivity contribution in [3.63, 3.8) is 0 Å². The second-order valence-electron chi connectivity index (χ2n) is 2.53. The lowest BCUT2D eigenvalue weighted by Gasteiger charge is -2.04. The highest BCUT2D eigenvalue weighted by molar-refractivity contribution is 6.30. The molecule has 1 atom stereocenters. The third-order valence-electron chi connectivity index (χ3n) is 1.62. The summed E-state index contributed by atoms with van der Waals surface area (Å²) in [6.07, 6.45) is 1.50. The van der Waals surface area contributed by atoms with Crippen molar-refractivity contribution in [3.05, 3.63) is 29.0 Å². The van der Waals surface area contributed by atoms with E-state index >= 15 is 0 Å². The number of hydrogen-bond donors (Lipinski definition) is 1. The molecule has 64 valence electrons. The molecule has 2 N–H and O–H groups in total. The molecule has 0 aliphatic rings. The van der Waals surface area contributed by atoms with Gasteiger partial charge in [0.25, 0.3) is 0 Å². The van der Waals surface area contributed by atoms with Gasteiger partial charge < -0.3 is 5.73 Å². The van der Waals surface area contributed by atoms with Crippen LogP contribution in [0, 0.1) is 0 Å². The SMILES string of the molecule is CC(C(N)=O)c1ccc(Cl)cn1. The average molecular weight is 185 g/mol. The van der Waals surface area contributed by atoms with E-state index in [1.54, 1.807) is 19.1 Å². The van der Waals surface area contributed by atoms with Crippen molar-refractivity contribution in [1.82, 2.24) is 4.98 Å². The van der Waals surface area contributed by atoms with Gasteiger partial charge in [0.15, 0.2) is 0 Å². The Kier molecular flexibility index (Phi) is 2.65. The summed E-state index contributed by atoms with van der Waals surface area (Å²) < 4.78 is 0. The standard InChI is InChI=1S/C8H9ClN2O/c1-5(8(10)12)7-3-2-6(9)4-11-7/h2-5H,1H3,(H2,10,12).